The van der Waals surface area contributed by atoms with Gasteiger partial charge in [0.1, 0.15) is 46.6 Å². The van der Waals surface area contributed by atoms with E-state index < -0.39 is 103 Å². The number of sulfonamides is 1. The summed E-state index contributed by atoms with van der Waals surface area (Å²) >= 11 is 0. The Labute approximate surface area is 304 Å². The van der Waals surface area contributed by atoms with Crippen LogP contribution < -0.4 is 20.1 Å². The topological polar surface area (TPSA) is 173 Å². The maximum absolute atomic E-state index is 14.4. The van der Waals surface area contributed by atoms with Gasteiger partial charge in [0.25, 0.3) is 5.91 Å². The zero-order valence-electron chi connectivity index (χ0n) is 30.1. The van der Waals surface area contributed by atoms with Crippen LogP contribution in [0.15, 0.2) is 36.9 Å². The van der Waals surface area contributed by atoms with E-state index in [1.54, 1.807) is 41.5 Å². The van der Waals surface area contributed by atoms with Gasteiger partial charge in [0.2, 0.25) is 21.8 Å². The number of carbonyl (C=O) groups excluding carboxylic acids is 4. The van der Waals surface area contributed by atoms with E-state index in [0.717, 1.165) is 23.1 Å². The number of likely N-dealkylation sites (tertiary alicyclic amines) is 1. The summed E-state index contributed by atoms with van der Waals surface area (Å²) < 4.78 is 94.6. The molecule has 1 unspecified atom stereocenters. The molecule has 5 rings (SSSR count). The smallest absolute Gasteiger partial charge is 0.433 e. The molecule has 0 spiro atoms. The summed E-state index contributed by atoms with van der Waals surface area (Å²) in [5.41, 5.74) is -5.16. The average Bonchev–Trinajstić information content (AvgIpc) is 3.94. The summed E-state index contributed by atoms with van der Waals surface area (Å²) in [7, 11) is -4.00. The van der Waals surface area contributed by atoms with Gasteiger partial charge in [-0.25, -0.2) is 22.6 Å². The number of benzene rings is 1. The molecule has 1 aromatic heterocycles. The second kappa shape index (κ2) is 13.7. The van der Waals surface area contributed by atoms with Gasteiger partial charge in [0.15, 0.2) is 0 Å². The van der Waals surface area contributed by atoms with Gasteiger partial charge in [-0.15, -0.1) is 6.58 Å². The number of aromatic nitrogens is 1. The Kier molecular flexibility index (Phi) is 10.3. The third-order valence-electron chi connectivity index (χ3n) is 9.19. The van der Waals surface area contributed by atoms with Gasteiger partial charge >= 0.3 is 12.3 Å². The van der Waals surface area contributed by atoms with Crippen molar-refractivity contribution in [3.63, 3.8) is 0 Å². The molecule has 53 heavy (non-hydrogen) atoms. The summed E-state index contributed by atoms with van der Waals surface area (Å²) in [6.45, 7) is 13.1. The molecule has 3 fully saturated rings. The molecular weight excluding hydrogens is 726 g/mol. The monoisotopic (exact) mass is 769 g/mol. The Morgan fingerprint density at radius 3 is 2.28 bits per heavy atom. The quantitative estimate of drug-likeness (QED) is 0.235. The Hall–Kier alpha value is -4.48. The minimum Gasteiger partial charge on any atom is -0.488 e. The lowest BCUT2D eigenvalue weighted by Crippen LogP contribution is -2.60. The van der Waals surface area contributed by atoms with Crippen LogP contribution in [0.5, 0.6) is 5.75 Å². The van der Waals surface area contributed by atoms with Crippen molar-refractivity contribution in [1.29, 1.82) is 0 Å². The van der Waals surface area contributed by atoms with Crippen LogP contribution in [0.2, 0.25) is 0 Å². The molecule has 2 aliphatic carbocycles. The maximum atomic E-state index is 14.4. The van der Waals surface area contributed by atoms with Crippen molar-refractivity contribution in [2.45, 2.75) is 108 Å². The van der Waals surface area contributed by atoms with E-state index in [2.05, 4.69) is 22.2 Å². The number of rotatable bonds is 10. The minimum atomic E-state index is -4.90. The normalized spacial score (nSPS) is 23.9. The van der Waals surface area contributed by atoms with Gasteiger partial charge in [-0.3, -0.25) is 19.1 Å². The van der Waals surface area contributed by atoms with Crippen molar-refractivity contribution >= 4 is 44.7 Å². The standard InChI is InChI=1S/C35H43F4N5O8S/c1-8-18-16-34(18,30(47)43-53(49,50)21-10-11-21)42-28(45)24-14-20(17-44(24)29(46)27(32(2,3)4)41-31(48)52-33(5,6)7)51-25-15-26(35(37,38)39)40-23-12-9-19(36)13-22(23)25/h8-9,12-13,15,18,20-21,24,27H,1,10-11,14,16-17H2,2-7H3,(H,41,48)(H,42,45)(H,43,47)/t18-,20-,24?,27-,34-/m1/s1. The van der Waals surface area contributed by atoms with E-state index >= 15 is 0 Å². The lowest BCUT2D eigenvalue weighted by molar-refractivity contribution is -0.143. The second-order valence-corrected chi connectivity index (χ2v) is 17.7. The third kappa shape index (κ3) is 8.84. The Morgan fingerprint density at radius 1 is 1.08 bits per heavy atom. The van der Waals surface area contributed by atoms with E-state index in [4.69, 9.17) is 9.47 Å². The molecule has 3 N–H and O–H groups in total. The number of alkyl carbamates (subject to hydrolysis) is 1. The Balaban J connectivity index is 1.50. The molecule has 290 valence electrons. The van der Waals surface area contributed by atoms with Crippen molar-refractivity contribution in [1.82, 2.24) is 25.2 Å². The molecule has 1 aromatic carbocycles. The number of amides is 4. The number of hydrogen-bond donors (Lipinski definition) is 3. The maximum Gasteiger partial charge on any atom is 0.433 e. The van der Waals surface area contributed by atoms with Crippen LogP contribution in [0.1, 0.15) is 72.9 Å². The molecule has 0 radical (unpaired) electrons. The molecule has 13 nitrogen and oxygen atoms in total. The largest absolute Gasteiger partial charge is 0.488 e. The van der Waals surface area contributed by atoms with Gasteiger partial charge in [0.05, 0.1) is 17.3 Å². The summed E-state index contributed by atoms with van der Waals surface area (Å²) in [4.78, 5) is 59.5. The molecule has 5 atom stereocenters. The lowest BCUT2D eigenvalue weighted by atomic mass is 9.85. The van der Waals surface area contributed by atoms with Crippen LogP contribution in [0.25, 0.3) is 10.9 Å². The number of alkyl halides is 3. The number of nitrogens with one attached hydrogen (secondary N) is 3. The van der Waals surface area contributed by atoms with E-state index in [-0.39, 0.29) is 30.3 Å². The first-order valence-electron chi connectivity index (χ1n) is 17.0. The van der Waals surface area contributed by atoms with Crippen LogP contribution in [0, 0.1) is 17.2 Å². The first kappa shape index (κ1) is 39.7. The Bertz CT molecular complexity index is 1940. The summed E-state index contributed by atoms with van der Waals surface area (Å²) in [6.07, 6.45) is -5.16. The van der Waals surface area contributed by atoms with Crippen LogP contribution in [0.3, 0.4) is 0 Å². The number of carbonyl (C=O) groups is 4. The highest BCUT2D eigenvalue weighted by Gasteiger charge is 2.62. The van der Waals surface area contributed by atoms with Crippen LogP contribution in [-0.4, -0.2) is 83.2 Å². The SMILES string of the molecule is C=C[C@@H]1C[C@]1(NC(=O)C1C[C@@H](Oc2cc(C(F)(F)F)nc3ccc(F)cc23)CN1C(=O)[C@@H](NC(=O)OC(C)(C)C)C(C)(C)C)C(=O)NS(=O)(=O)C1CC1. The zero-order valence-corrected chi connectivity index (χ0v) is 30.9. The second-order valence-electron chi connectivity index (χ2n) is 15.8. The van der Waals surface area contributed by atoms with Crippen molar-refractivity contribution in [3.8, 4) is 5.75 Å². The number of hydrogen-bond acceptors (Lipinski definition) is 9. The van der Waals surface area contributed by atoms with Gasteiger partial charge in [-0.05, 0) is 63.6 Å². The van der Waals surface area contributed by atoms with Crippen molar-refractivity contribution in [3.05, 3.63) is 48.4 Å². The lowest BCUT2D eigenvalue weighted by Gasteiger charge is -2.36. The highest BCUT2D eigenvalue weighted by molar-refractivity contribution is 7.91. The number of pyridine rings is 1. The summed E-state index contributed by atoms with van der Waals surface area (Å²) in [6, 6.07) is 0.810. The predicted molar refractivity (Wildman–Crippen MR) is 183 cm³/mol. The molecular formula is C35H43F4N5O8S. The van der Waals surface area contributed by atoms with Crippen molar-refractivity contribution in [2.75, 3.05) is 6.54 Å². The fourth-order valence-corrected chi connectivity index (χ4v) is 7.59. The summed E-state index contributed by atoms with van der Waals surface area (Å²) in [5.74, 6) is -4.49. The number of fused-ring (bicyclic) bond motifs is 1. The molecule has 1 saturated heterocycles. The molecule has 18 heteroatoms. The molecule has 4 amide bonds. The highest BCUT2D eigenvalue weighted by Crippen LogP contribution is 2.46. The average molecular weight is 770 g/mol. The molecule has 2 heterocycles. The highest BCUT2D eigenvalue weighted by atomic mass is 32.2. The zero-order chi connectivity index (χ0) is 39.5. The number of ether oxygens (including phenoxy) is 2. The van der Waals surface area contributed by atoms with Gasteiger partial charge in [-0.1, -0.05) is 26.8 Å². The van der Waals surface area contributed by atoms with E-state index in [0.29, 0.717) is 18.9 Å². The predicted octanol–water partition coefficient (Wildman–Crippen LogP) is 4.35. The molecule has 1 aliphatic heterocycles. The van der Waals surface area contributed by atoms with Crippen LogP contribution in [0.4, 0.5) is 22.4 Å². The molecule has 2 saturated carbocycles. The van der Waals surface area contributed by atoms with Gasteiger partial charge in [0, 0.05) is 23.8 Å². The Morgan fingerprint density at radius 2 is 1.74 bits per heavy atom. The van der Waals surface area contributed by atoms with Crippen LogP contribution >= 0.6 is 0 Å². The van der Waals surface area contributed by atoms with Gasteiger partial charge in [-0.2, -0.15) is 13.2 Å². The fourth-order valence-electron chi connectivity index (χ4n) is 6.22. The van der Waals surface area contributed by atoms with Gasteiger partial charge < -0.3 is 25.0 Å². The van der Waals surface area contributed by atoms with Crippen molar-refractivity contribution in [2.24, 2.45) is 11.3 Å². The van der Waals surface area contributed by atoms with Crippen molar-refractivity contribution < 1.29 is 54.6 Å². The van der Waals surface area contributed by atoms with E-state index in [1.807, 2.05) is 4.72 Å². The minimum absolute atomic E-state index is 0.00839. The first-order valence-corrected chi connectivity index (χ1v) is 18.5. The third-order valence-corrected chi connectivity index (χ3v) is 11.0. The van der Waals surface area contributed by atoms with E-state index in [9.17, 15) is 45.2 Å². The number of halogens is 4. The summed E-state index contributed by atoms with van der Waals surface area (Å²) in [5, 5.41) is 4.35. The number of nitrogens with zero attached hydrogens (tertiary/aromatic N) is 2. The first-order chi connectivity index (χ1) is 24.3. The molecule has 2 aromatic rings. The molecule has 3 aliphatic rings. The fraction of sp³-hybridized carbons (Fsp3) is 0.571. The van der Waals surface area contributed by atoms with Crippen LogP contribution in [-0.2, 0) is 35.3 Å². The molecule has 0 bridgehead atoms. The van der Waals surface area contributed by atoms with E-state index in [1.165, 1.54) is 6.08 Å².